The molecule has 2 atom stereocenters. The number of benzene rings is 1. The van der Waals surface area contributed by atoms with Crippen LogP contribution in [0.15, 0.2) is 53.6 Å². The first-order valence-corrected chi connectivity index (χ1v) is 10.1. The number of carbonyl (C=O) groups excluding carboxylic acids is 1. The van der Waals surface area contributed by atoms with E-state index in [9.17, 15) is 4.79 Å². The van der Waals surface area contributed by atoms with E-state index in [1.807, 2.05) is 37.4 Å². The smallest absolute Gasteiger partial charge is 0.267 e. The van der Waals surface area contributed by atoms with Crippen molar-refractivity contribution in [2.45, 2.75) is 37.2 Å². The molecule has 0 bridgehead atoms. The van der Waals surface area contributed by atoms with Gasteiger partial charge >= 0.3 is 0 Å². The number of nitrogens with zero attached hydrogens (tertiary/aromatic N) is 1. The normalized spacial score (nSPS) is 27.4. The van der Waals surface area contributed by atoms with Crippen molar-refractivity contribution in [1.29, 1.82) is 0 Å². The molecule has 3 heterocycles. The number of likely N-dealkylation sites (N-methyl/N-ethyl adjacent to an activating group) is 1. The zero-order chi connectivity index (χ0) is 20.0. The zero-order valence-electron chi connectivity index (χ0n) is 16.7. The average molecular weight is 395 g/mol. The van der Waals surface area contributed by atoms with E-state index in [4.69, 9.17) is 18.9 Å². The Morgan fingerprint density at radius 1 is 1.14 bits per heavy atom. The lowest BCUT2D eigenvalue weighted by Crippen LogP contribution is -2.40. The minimum atomic E-state index is -0.491. The molecule has 1 aromatic carbocycles. The van der Waals surface area contributed by atoms with Crippen LogP contribution in [0.4, 0.5) is 0 Å². The Morgan fingerprint density at radius 2 is 1.93 bits per heavy atom. The number of amides is 1. The van der Waals surface area contributed by atoms with E-state index >= 15 is 0 Å². The van der Waals surface area contributed by atoms with Crippen molar-refractivity contribution in [2.75, 3.05) is 27.4 Å². The fourth-order valence-corrected chi connectivity index (χ4v) is 4.51. The predicted molar refractivity (Wildman–Crippen MR) is 107 cm³/mol. The second-order valence-corrected chi connectivity index (χ2v) is 7.90. The summed E-state index contributed by atoms with van der Waals surface area (Å²) in [4.78, 5) is 13.7. The monoisotopic (exact) mass is 395 g/mol. The van der Waals surface area contributed by atoms with E-state index in [2.05, 4.69) is 12.1 Å². The summed E-state index contributed by atoms with van der Waals surface area (Å²) in [6.45, 7) is 1.38. The fraction of sp³-hybridized carbons (Fsp3) is 0.435. The summed E-state index contributed by atoms with van der Waals surface area (Å²) in [5.74, 6) is 1.60. The van der Waals surface area contributed by atoms with Crippen LogP contribution >= 0.6 is 0 Å². The van der Waals surface area contributed by atoms with Crippen molar-refractivity contribution < 1.29 is 23.7 Å². The molecule has 0 N–H and O–H groups in total. The Hall–Kier alpha value is -2.57. The van der Waals surface area contributed by atoms with Crippen molar-refractivity contribution in [3.05, 3.63) is 59.2 Å². The summed E-state index contributed by atoms with van der Waals surface area (Å²) >= 11 is 0. The number of fused-ring (bicyclic) bond motifs is 2. The standard InChI is InChI=1S/C23H25NO5/c1-24-18-6-3-16(13-15(18)4-8-21(24)25)22-28-19-7-5-17(14-20(19)29-22)23(26-2)9-11-27-12-10-23/h3-7,13-14,18,22H,8-12H2,1-2H3. The van der Waals surface area contributed by atoms with Crippen LogP contribution in [0.3, 0.4) is 0 Å². The number of ether oxygens (including phenoxy) is 4. The van der Waals surface area contributed by atoms with Gasteiger partial charge in [-0.15, -0.1) is 0 Å². The van der Waals surface area contributed by atoms with E-state index in [-0.39, 0.29) is 17.6 Å². The summed E-state index contributed by atoms with van der Waals surface area (Å²) in [5.41, 5.74) is 2.81. The topological polar surface area (TPSA) is 57.2 Å². The molecular weight excluding hydrogens is 370 g/mol. The highest BCUT2D eigenvalue weighted by atomic mass is 16.7. The lowest BCUT2D eigenvalue weighted by Gasteiger charge is -2.36. The minimum Gasteiger partial charge on any atom is -0.447 e. The molecule has 1 aliphatic carbocycles. The van der Waals surface area contributed by atoms with Gasteiger partial charge in [0.2, 0.25) is 5.91 Å². The molecule has 1 amide bonds. The summed E-state index contributed by atoms with van der Waals surface area (Å²) in [6, 6.07) is 6.05. The third kappa shape index (κ3) is 3.07. The Morgan fingerprint density at radius 3 is 2.72 bits per heavy atom. The minimum absolute atomic E-state index is 0.00883. The maximum Gasteiger partial charge on any atom is 0.267 e. The summed E-state index contributed by atoms with van der Waals surface area (Å²) in [7, 11) is 3.59. The third-order valence-electron chi connectivity index (χ3n) is 6.37. The molecule has 4 aliphatic rings. The molecule has 29 heavy (non-hydrogen) atoms. The molecule has 0 aromatic heterocycles. The molecular formula is C23H25NO5. The SMILES string of the molecule is COC1(c2ccc3c(c2)OC(C2=CC4=CCC(=O)N(C)C4C=C2)O3)CCOCC1. The van der Waals surface area contributed by atoms with Gasteiger partial charge in [0, 0.05) is 52.2 Å². The van der Waals surface area contributed by atoms with Gasteiger partial charge in [0.15, 0.2) is 11.5 Å². The van der Waals surface area contributed by atoms with Crippen LogP contribution in [0.1, 0.15) is 24.8 Å². The highest BCUT2D eigenvalue weighted by Gasteiger charge is 2.37. The van der Waals surface area contributed by atoms with Crippen molar-refractivity contribution in [3.63, 3.8) is 0 Å². The van der Waals surface area contributed by atoms with Crippen molar-refractivity contribution in [1.82, 2.24) is 4.90 Å². The third-order valence-corrected chi connectivity index (χ3v) is 6.37. The molecule has 0 saturated carbocycles. The predicted octanol–water partition coefficient (Wildman–Crippen LogP) is 3.09. The Kier molecular flexibility index (Phi) is 4.48. The maximum absolute atomic E-state index is 11.9. The lowest BCUT2D eigenvalue weighted by atomic mass is 9.86. The summed E-state index contributed by atoms with van der Waals surface area (Å²) in [6.07, 6.45) is 9.66. The van der Waals surface area contributed by atoms with Crippen LogP contribution in [-0.4, -0.2) is 50.5 Å². The van der Waals surface area contributed by atoms with E-state index in [0.717, 1.165) is 41.1 Å². The number of rotatable bonds is 3. The van der Waals surface area contributed by atoms with E-state index in [1.54, 1.807) is 12.0 Å². The average Bonchev–Trinajstić information content (AvgIpc) is 3.20. The Balaban J connectivity index is 1.38. The quantitative estimate of drug-likeness (QED) is 0.787. The second-order valence-electron chi connectivity index (χ2n) is 7.90. The zero-order valence-corrected chi connectivity index (χ0v) is 16.7. The molecule has 3 aliphatic heterocycles. The van der Waals surface area contributed by atoms with Crippen molar-refractivity contribution in [3.8, 4) is 11.5 Å². The molecule has 6 heteroatoms. The fourth-order valence-electron chi connectivity index (χ4n) is 4.51. The first-order valence-electron chi connectivity index (χ1n) is 10.1. The van der Waals surface area contributed by atoms with Gasteiger partial charge in [-0.2, -0.15) is 0 Å². The van der Waals surface area contributed by atoms with Crippen LogP contribution in [-0.2, 0) is 19.9 Å². The highest BCUT2D eigenvalue weighted by molar-refractivity contribution is 5.81. The van der Waals surface area contributed by atoms with Gasteiger partial charge in [0.1, 0.15) is 0 Å². The van der Waals surface area contributed by atoms with Crippen molar-refractivity contribution in [2.24, 2.45) is 0 Å². The van der Waals surface area contributed by atoms with Crippen LogP contribution in [0.2, 0.25) is 0 Å². The molecule has 5 rings (SSSR count). The largest absolute Gasteiger partial charge is 0.447 e. The Labute approximate surface area is 170 Å². The van der Waals surface area contributed by atoms with E-state index < -0.39 is 6.29 Å². The van der Waals surface area contributed by atoms with Gasteiger partial charge in [0.05, 0.1) is 11.6 Å². The van der Waals surface area contributed by atoms with Crippen LogP contribution in [0, 0.1) is 0 Å². The first kappa shape index (κ1) is 18.5. The number of hydrogen-bond donors (Lipinski definition) is 0. The van der Waals surface area contributed by atoms with Crippen molar-refractivity contribution >= 4 is 5.91 Å². The van der Waals surface area contributed by atoms with Gasteiger partial charge < -0.3 is 23.8 Å². The second kappa shape index (κ2) is 7.04. The van der Waals surface area contributed by atoms with Gasteiger partial charge in [-0.05, 0) is 29.3 Å². The number of methoxy groups -OCH3 is 1. The van der Waals surface area contributed by atoms with Crippen LogP contribution in [0.5, 0.6) is 11.5 Å². The molecule has 6 nitrogen and oxygen atoms in total. The van der Waals surface area contributed by atoms with E-state index in [0.29, 0.717) is 19.6 Å². The summed E-state index contributed by atoms with van der Waals surface area (Å²) < 4.78 is 23.6. The van der Waals surface area contributed by atoms with Gasteiger partial charge in [-0.25, -0.2) is 0 Å². The molecule has 1 fully saturated rings. The molecule has 0 radical (unpaired) electrons. The van der Waals surface area contributed by atoms with Gasteiger partial charge in [-0.3, -0.25) is 4.79 Å². The van der Waals surface area contributed by atoms with E-state index in [1.165, 1.54) is 0 Å². The molecule has 152 valence electrons. The van der Waals surface area contributed by atoms with Crippen LogP contribution in [0.25, 0.3) is 0 Å². The molecule has 1 saturated heterocycles. The van der Waals surface area contributed by atoms with Gasteiger partial charge in [-0.1, -0.05) is 24.3 Å². The lowest BCUT2D eigenvalue weighted by molar-refractivity contribution is -0.130. The number of carbonyl (C=O) groups is 1. The Bertz CT molecular complexity index is 925. The van der Waals surface area contributed by atoms with Crippen LogP contribution < -0.4 is 9.47 Å². The molecule has 2 unspecified atom stereocenters. The first-order chi connectivity index (χ1) is 14.1. The molecule has 0 spiro atoms. The molecule has 1 aromatic rings. The maximum atomic E-state index is 11.9. The summed E-state index contributed by atoms with van der Waals surface area (Å²) in [5, 5.41) is 0. The van der Waals surface area contributed by atoms with Gasteiger partial charge in [0.25, 0.3) is 6.29 Å². The number of hydrogen-bond acceptors (Lipinski definition) is 5. The highest BCUT2D eigenvalue weighted by Crippen LogP contribution is 2.43.